The molecule has 17 heavy (non-hydrogen) atoms. The van der Waals surface area contributed by atoms with Crippen molar-refractivity contribution in [1.82, 2.24) is 0 Å². The van der Waals surface area contributed by atoms with Crippen LogP contribution < -0.4 is 4.74 Å². The standard InChI is InChI=1S/C13H16Cl2O2/c1-16-9-5-6-10(11(14)8-9)13(15)12-4-2-3-7-17-12/h5-6,8,12-13H,2-4,7H2,1H3. The fraction of sp³-hybridized carbons (Fsp3) is 0.538. The molecule has 1 aromatic rings. The summed E-state index contributed by atoms with van der Waals surface area (Å²) in [5, 5.41) is 0.451. The van der Waals surface area contributed by atoms with Crippen LogP contribution in [0.2, 0.25) is 5.02 Å². The van der Waals surface area contributed by atoms with Crippen LogP contribution in [-0.4, -0.2) is 19.8 Å². The number of alkyl halides is 1. The summed E-state index contributed by atoms with van der Waals surface area (Å²) in [6.45, 7) is 0.793. The topological polar surface area (TPSA) is 18.5 Å². The van der Waals surface area contributed by atoms with Crippen molar-refractivity contribution in [3.63, 3.8) is 0 Å². The molecule has 4 heteroatoms. The number of ether oxygens (including phenoxy) is 2. The van der Waals surface area contributed by atoms with Gasteiger partial charge in [-0.15, -0.1) is 11.6 Å². The van der Waals surface area contributed by atoms with Gasteiger partial charge in [0.15, 0.2) is 0 Å². The average molecular weight is 275 g/mol. The zero-order chi connectivity index (χ0) is 12.3. The van der Waals surface area contributed by atoms with Crippen LogP contribution in [0.3, 0.4) is 0 Å². The number of benzene rings is 1. The van der Waals surface area contributed by atoms with Gasteiger partial charge >= 0.3 is 0 Å². The van der Waals surface area contributed by atoms with Crippen molar-refractivity contribution in [2.45, 2.75) is 30.7 Å². The molecule has 0 N–H and O–H groups in total. The van der Waals surface area contributed by atoms with Gasteiger partial charge in [-0.05, 0) is 37.0 Å². The van der Waals surface area contributed by atoms with Crippen molar-refractivity contribution in [1.29, 1.82) is 0 Å². The molecule has 0 amide bonds. The number of methoxy groups -OCH3 is 1. The second-order valence-electron chi connectivity index (χ2n) is 4.19. The first-order valence-electron chi connectivity index (χ1n) is 5.81. The largest absolute Gasteiger partial charge is 0.497 e. The molecule has 1 heterocycles. The highest BCUT2D eigenvalue weighted by molar-refractivity contribution is 6.33. The third-order valence-corrected chi connectivity index (χ3v) is 3.89. The molecule has 0 aliphatic carbocycles. The van der Waals surface area contributed by atoms with Crippen molar-refractivity contribution in [3.05, 3.63) is 28.8 Å². The second-order valence-corrected chi connectivity index (χ2v) is 5.07. The summed E-state index contributed by atoms with van der Waals surface area (Å²) in [6, 6.07) is 5.57. The van der Waals surface area contributed by atoms with Crippen LogP contribution in [0.5, 0.6) is 5.75 Å². The first kappa shape index (κ1) is 13.0. The van der Waals surface area contributed by atoms with Crippen LogP contribution in [0.15, 0.2) is 18.2 Å². The van der Waals surface area contributed by atoms with Gasteiger partial charge in [0.25, 0.3) is 0 Å². The molecule has 0 aromatic heterocycles. The number of hydrogen-bond donors (Lipinski definition) is 0. The zero-order valence-electron chi connectivity index (χ0n) is 9.79. The first-order valence-corrected chi connectivity index (χ1v) is 6.63. The highest BCUT2D eigenvalue weighted by Gasteiger charge is 2.25. The second kappa shape index (κ2) is 5.94. The molecule has 1 saturated heterocycles. The number of halogens is 2. The SMILES string of the molecule is COc1ccc(C(Cl)C2CCCCO2)c(Cl)c1. The van der Waals surface area contributed by atoms with E-state index in [1.807, 2.05) is 12.1 Å². The van der Waals surface area contributed by atoms with E-state index in [4.69, 9.17) is 32.7 Å². The summed E-state index contributed by atoms with van der Waals surface area (Å²) in [6.07, 6.45) is 3.35. The van der Waals surface area contributed by atoms with E-state index in [-0.39, 0.29) is 11.5 Å². The van der Waals surface area contributed by atoms with Gasteiger partial charge in [-0.1, -0.05) is 17.7 Å². The predicted octanol–water partition coefficient (Wildman–Crippen LogP) is 4.20. The van der Waals surface area contributed by atoms with E-state index in [0.29, 0.717) is 5.02 Å². The molecule has 0 saturated carbocycles. The Labute approximate surface area is 112 Å². The molecule has 2 nitrogen and oxygen atoms in total. The van der Waals surface area contributed by atoms with Crippen LogP contribution in [0.25, 0.3) is 0 Å². The Kier molecular flexibility index (Phi) is 4.55. The van der Waals surface area contributed by atoms with Crippen molar-refractivity contribution in [3.8, 4) is 5.75 Å². The summed E-state index contributed by atoms with van der Waals surface area (Å²) in [5.74, 6) is 0.743. The Morgan fingerprint density at radius 3 is 2.82 bits per heavy atom. The quantitative estimate of drug-likeness (QED) is 0.770. The van der Waals surface area contributed by atoms with Crippen LogP contribution in [-0.2, 0) is 4.74 Å². The molecular formula is C13H16Cl2O2. The van der Waals surface area contributed by atoms with Gasteiger partial charge in [-0.2, -0.15) is 0 Å². The monoisotopic (exact) mass is 274 g/mol. The zero-order valence-corrected chi connectivity index (χ0v) is 11.3. The van der Waals surface area contributed by atoms with Crippen LogP contribution >= 0.6 is 23.2 Å². The summed E-state index contributed by atoms with van der Waals surface area (Å²) in [4.78, 5) is 0. The Bertz CT molecular complexity index is 376. The van der Waals surface area contributed by atoms with E-state index in [9.17, 15) is 0 Å². The minimum atomic E-state index is -0.186. The lowest BCUT2D eigenvalue weighted by Crippen LogP contribution is -2.23. The molecule has 2 atom stereocenters. The Morgan fingerprint density at radius 2 is 2.24 bits per heavy atom. The molecule has 94 valence electrons. The maximum absolute atomic E-state index is 6.44. The van der Waals surface area contributed by atoms with Gasteiger partial charge in [0.1, 0.15) is 5.75 Å². The smallest absolute Gasteiger partial charge is 0.120 e. The Hall–Kier alpha value is -0.440. The molecule has 1 aromatic carbocycles. The minimum absolute atomic E-state index is 0.0660. The molecular weight excluding hydrogens is 259 g/mol. The molecule has 0 radical (unpaired) electrons. The number of hydrogen-bond acceptors (Lipinski definition) is 2. The lowest BCUT2D eigenvalue weighted by molar-refractivity contribution is 0.0136. The van der Waals surface area contributed by atoms with Gasteiger partial charge in [0.05, 0.1) is 18.6 Å². The third kappa shape index (κ3) is 3.06. The van der Waals surface area contributed by atoms with Crippen LogP contribution in [0.4, 0.5) is 0 Å². The van der Waals surface area contributed by atoms with E-state index in [1.165, 1.54) is 6.42 Å². The van der Waals surface area contributed by atoms with Crippen LogP contribution in [0, 0.1) is 0 Å². The maximum Gasteiger partial charge on any atom is 0.120 e. The molecule has 1 aliphatic rings. The van der Waals surface area contributed by atoms with Gasteiger partial charge in [-0.25, -0.2) is 0 Å². The maximum atomic E-state index is 6.44. The molecule has 2 unspecified atom stereocenters. The summed E-state index contributed by atoms with van der Waals surface area (Å²) >= 11 is 12.6. The number of rotatable bonds is 3. The average Bonchev–Trinajstić information content (AvgIpc) is 2.39. The minimum Gasteiger partial charge on any atom is -0.497 e. The summed E-state index contributed by atoms with van der Waals surface area (Å²) in [7, 11) is 1.62. The third-order valence-electron chi connectivity index (χ3n) is 3.05. The molecule has 1 fully saturated rings. The lowest BCUT2D eigenvalue weighted by atomic mass is 10.0. The first-order chi connectivity index (χ1) is 8.22. The Morgan fingerprint density at radius 1 is 1.41 bits per heavy atom. The Balaban J connectivity index is 2.15. The van der Waals surface area contributed by atoms with E-state index in [2.05, 4.69) is 0 Å². The summed E-state index contributed by atoms with van der Waals surface area (Å²) in [5.41, 5.74) is 0.918. The highest BCUT2D eigenvalue weighted by atomic mass is 35.5. The van der Waals surface area contributed by atoms with Crippen molar-refractivity contribution in [2.75, 3.05) is 13.7 Å². The fourth-order valence-corrected chi connectivity index (χ4v) is 2.79. The highest BCUT2D eigenvalue weighted by Crippen LogP contribution is 2.36. The fourth-order valence-electron chi connectivity index (χ4n) is 2.06. The van der Waals surface area contributed by atoms with Crippen LogP contribution in [0.1, 0.15) is 30.2 Å². The van der Waals surface area contributed by atoms with E-state index in [0.717, 1.165) is 30.8 Å². The van der Waals surface area contributed by atoms with E-state index < -0.39 is 0 Å². The molecule has 0 spiro atoms. The molecule has 0 bridgehead atoms. The molecule has 2 rings (SSSR count). The normalized spacial score (nSPS) is 22.2. The van der Waals surface area contributed by atoms with Gasteiger partial charge in [-0.3, -0.25) is 0 Å². The van der Waals surface area contributed by atoms with E-state index in [1.54, 1.807) is 13.2 Å². The van der Waals surface area contributed by atoms with Crippen molar-refractivity contribution < 1.29 is 9.47 Å². The molecule has 1 aliphatic heterocycles. The van der Waals surface area contributed by atoms with E-state index >= 15 is 0 Å². The predicted molar refractivity (Wildman–Crippen MR) is 70.2 cm³/mol. The van der Waals surface area contributed by atoms with Gasteiger partial charge in [0, 0.05) is 11.6 Å². The van der Waals surface area contributed by atoms with Gasteiger partial charge in [0.2, 0.25) is 0 Å². The lowest BCUT2D eigenvalue weighted by Gasteiger charge is -2.27. The van der Waals surface area contributed by atoms with Crippen molar-refractivity contribution >= 4 is 23.2 Å². The van der Waals surface area contributed by atoms with Gasteiger partial charge < -0.3 is 9.47 Å². The summed E-state index contributed by atoms with van der Waals surface area (Å²) < 4.78 is 10.8. The van der Waals surface area contributed by atoms with Crippen molar-refractivity contribution in [2.24, 2.45) is 0 Å².